The third kappa shape index (κ3) is 3.61. The van der Waals surface area contributed by atoms with Crippen LogP contribution in [0.1, 0.15) is 23.2 Å². The molecule has 1 aliphatic carbocycles. The number of rotatable bonds is 6. The lowest BCUT2D eigenvalue weighted by atomic mass is 10.1. The number of Topliss-reactive ketones (excluding diaryl/α,β-unsaturated/α-hetero) is 1. The van der Waals surface area contributed by atoms with Gasteiger partial charge in [0.2, 0.25) is 0 Å². The van der Waals surface area contributed by atoms with Gasteiger partial charge in [-0.1, -0.05) is 5.92 Å². The van der Waals surface area contributed by atoms with E-state index < -0.39 is 0 Å². The predicted molar refractivity (Wildman–Crippen MR) is 66.1 cm³/mol. The topological polar surface area (TPSA) is 38.3 Å². The first kappa shape index (κ1) is 11.7. The zero-order valence-corrected chi connectivity index (χ0v) is 9.61. The van der Waals surface area contributed by atoms with Gasteiger partial charge in [0.1, 0.15) is 5.75 Å². The molecule has 0 radical (unpaired) electrons. The standard InChI is InChI=1S/C14H15NO2/c1-2-9-15-10-14(16)11-3-5-12(6-4-11)17-13-7-8-13/h1,3-6,13,15H,7-10H2. The van der Waals surface area contributed by atoms with Crippen LogP contribution in [0, 0.1) is 12.3 Å². The van der Waals surface area contributed by atoms with Crippen LogP contribution in [0.5, 0.6) is 5.75 Å². The van der Waals surface area contributed by atoms with Crippen molar-refractivity contribution in [3.05, 3.63) is 29.8 Å². The lowest BCUT2D eigenvalue weighted by Gasteiger charge is -2.05. The smallest absolute Gasteiger partial charge is 0.176 e. The van der Waals surface area contributed by atoms with E-state index in [-0.39, 0.29) is 12.3 Å². The lowest BCUT2D eigenvalue weighted by Crippen LogP contribution is -2.23. The van der Waals surface area contributed by atoms with E-state index in [4.69, 9.17) is 11.2 Å². The van der Waals surface area contributed by atoms with Gasteiger partial charge in [0.15, 0.2) is 5.78 Å². The van der Waals surface area contributed by atoms with Gasteiger partial charge in [0, 0.05) is 5.56 Å². The van der Waals surface area contributed by atoms with Crippen LogP contribution in [0.4, 0.5) is 0 Å². The number of benzene rings is 1. The Balaban J connectivity index is 1.87. The van der Waals surface area contributed by atoms with Gasteiger partial charge in [-0.2, -0.15) is 0 Å². The summed E-state index contributed by atoms with van der Waals surface area (Å²) in [7, 11) is 0. The summed E-state index contributed by atoms with van der Waals surface area (Å²) in [6, 6.07) is 7.26. The van der Waals surface area contributed by atoms with Gasteiger partial charge in [0.05, 0.1) is 19.2 Å². The molecule has 17 heavy (non-hydrogen) atoms. The molecule has 3 nitrogen and oxygen atoms in total. The van der Waals surface area contributed by atoms with Crippen LogP contribution in [-0.2, 0) is 0 Å². The maximum atomic E-state index is 11.7. The van der Waals surface area contributed by atoms with Gasteiger partial charge >= 0.3 is 0 Å². The van der Waals surface area contributed by atoms with Crippen molar-refractivity contribution >= 4 is 5.78 Å². The summed E-state index contributed by atoms with van der Waals surface area (Å²) in [5, 5.41) is 2.87. The van der Waals surface area contributed by atoms with Crippen LogP contribution in [0.3, 0.4) is 0 Å². The van der Waals surface area contributed by atoms with Crippen LogP contribution in [0.2, 0.25) is 0 Å². The Hall–Kier alpha value is -1.79. The minimum Gasteiger partial charge on any atom is -0.490 e. The highest BCUT2D eigenvalue weighted by Crippen LogP contribution is 2.26. The number of ketones is 1. The summed E-state index contributed by atoms with van der Waals surface area (Å²) in [5.41, 5.74) is 0.678. The van der Waals surface area contributed by atoms with Crippen molar-refractivity contribution in [1.29, 1.82) is 0 Å². The molecule has 0 atom stereocenters. The average Bonchev–Trinajstić information content (AvgIpc) is 3.14. The Morgan fingerprint density at radius 1 is 1.41 bits per heavy atom. The molecule has 1 N–H and O–H groups in total. The molecular weight excluding hydrogens is 214 g/mol. The van der Waals surface area contributed by atoms with E-state index in [2.05, 4.69) is 11.2 Å². The minimum absolute atomic E-state index is 0.0400. The Kier molecular flexibility index (Phi) is 3.79. The van der Waals surface area contributed by atoms with Crippen molar-refractivity contribution in [1.82, 2.24) is 5.32 Å². The molecule has 1 aromatic rings. The summed E-state index contributed by atoms with van der Waals surface area (Å²) in [6.45, 7) is 0.682. The number of hydrogen-bond acceptors (Lipinski definition) is 3. The van der Waals surface area contributed by atoms with Crippen molar-refractivity contribution in [3.63, 3.8) is 0 Å². The molecule has 3 heteroatoms. The van der Waals surface area contributed by atoms with Crippen LogP contribution < -0.4 is 10.1 Å². The quantitative estimate of drug-likeness (QED) is 0.458. The van der Waals surface area contributed by atoms with Crippen molar-refractivity contribution in [2.45, 2.75) is 18.9 Å². The Bertz CT molecular complexity index is 427. The molecule has 0 aromatic heterocycles. The first-order valence-corrected chi connectivity index (χ1v) is 5.73. The highest BCUT2D eigenvalue weighted by molar-refractivity contribution is 5.97. The molecule has 2 rings (SSSR count). The number of terminal acetylenes is 1. The van der Waals surface area contributed by atoms with Gasteiger partial charge in [-0.05, 0) is 37.1 Å². The molecule has 0 heterocycles. The molecule has 0 bridgehead atoms. The minimum atomic E-state index is 0.0400. The maximum Gasteiger partial charge on any atom is 0.176 e. The molecule has 1 fully saturated rings. The molecule has 0 saturated heterocycles. The summed E-state index contributed by atoms with van der Waals surface area (Å²) in [6.07, 6.45) is 7.74. The number of carbonyl (C=O) groups is 1. The molecule has 1 aromatic carbocycles. The summed E-state index contributed by atoms with van der Waals surface area (Å²) < 4.78 is 5.61. The Morgan fingerprint density at radius 3 is 2.71 bits per heavy atom. The van der Waals surface area contributed by atoms with Crippen LogP contribution >= 0.6 is 0 Å². The molecular formula is C14H15NO2. The highest BCUT2D eigenvalue weighted by atomic mass is 16.5. The van der Waals surface area contributed by atoms with E-state index in [1.165, 1.54) is 0 Å². The summed E-state index contributed by atoms with van der Waals surface area (Å²) in [4.78, 5) is 11.7. The normalized spacial score (nSPS) is 14.1. The van der Waals surface area contributed by atoms with Gasteiger partial charge in [-0.25, -0.2) is 0 Å². The number of hydrogen-bond donors (Lipinski definition) is 1. The predicted octanol–water partition coefficient (Wildman–Crippen LogP) is 1.63. The Morgan fingerprint density at radius 2 is 2.12 bits per heavy atom. The molecule has 88 valence electrons. The third-order valence-corrected chi connectivity index (χ3v) is 2.52. The van der Waals surface area contributed by atoms with Crippen LogP contribution in [0.25, 0.3) is 0 Å². The van der Waals surface area contributed by atoms with Crippen molar-refractivity contribution in [3.8, 4) is 18.1 Å². The monoisotopic (exact) mass is 229 g/mol. The molecule has 0 aliphatic heterocycles. The largest absolute Gasteiger partial charge is 0.490 e. The number of nitrogens with one attached hydrogen (secondary N) is 1. The highest BCUT2D eigenvalue weighted by Gasteiger charge is 2.23. The summed E-state index contributed by atoms with van der Waals surface area (Å²) in [5.74, 6) is 3.30. The molecule has 0 unspecified atom stereocenters. The van der Waals surface area contributed by atoms with E-state index >= 15 is 0 Å². The van der Waals surface area contributed by atoms with E-state index in [1.54, 1.807) is 12.1 Å². The van der Waals surface area contributed by atoms with Crippen molar-refractivity contribution in [2.24, 2.45) is 0 Å². The second kappa shape index (κ2) is 5.51. The van der Waals surface area contributed by atoms with Crippen molar-refractivity contribution in [2.75, 3.05) is 13.1 Å². The van der Waals surface area contributed by atoms with E-state index in [0.29, 0.717) is 18.2 Å². The van der Waals surface area contributed by atoms with Gasteiger partial charge in [0.25, 0.3) is 0 Å². The van der Waals surface area contributed by atoms with E-state index in [1.807, 2.05) is 12.1 Å². The second-order valence-corrected chi connectivity index (χ2v) is 4.07. The zero-order valence-electron chi connectivity index (χ0n) is 9.61. The zero-order chi connectivity index (χ0) is 12.1. The maximum absolute atomic E-state index is 11.7. The lowest BCUT2D eigenvalue weighted by molar-refractivity contribution is 0.0992. The van der Waals surface area contributed by atoms with E-state index in [9.17, 15) is 4.79 Å². The average molecular weight is 229 g/mol. The van der Waals surface area contributed by atoms with Crippen molar-refractivity contribution < 1.29 is 9.53 Å². The van der Waals surface area contributed by atoms with Gasteiger partial charge < -0.3 is 4.74 Å². The fraction of sp³-hybridized carbons (Fsp3) is 0.357. The summed E-state index contributed by atoms with van der Waals surface area (Å²) >= 11 is 0. The third-order valence-electron chi connectivity index (χ3n) is 2.52. The first-order valence-electron chi connectivity index (χ1n) is 5.73. The van der Waals surface area contributed by atoms with Gasteiger partial charge in [-0.15, -0.1) is 6.42 Å². The molecule has 0 spiro atoms. The molecule has 0 amide bonds. The SMILES string of the molecule is C#CCNCC(=O)c1ccc(OC2CC2)cc1. The second-order valence-electron chi connectivity index (χ2n) is 4.07. The van der Waals surface area contributed by atoms with Crippen LogP contribution in [0.15, 0.2) is 24.3 Å². The fourth-order valence-corrected chi connectivity index (χ4v) is 1.45. The Labute approximate surface area is 101 Å². The fourth-order valence-electron chi connectivity index (χ4n) is 1.45. The first-order chi connectivity index (χ1) is 8.29. The number of carbonyl (C=O) groups excluding carboxylic acids is 1. The molecule has 1 aliphatic rings. The van der Waals surface area contributed by atoms with Gasteiger partial charge in [-0.3, -0.25) is 10.1 Å². The van der Waals surface area contributed by atoms with E-state index in [0.717, 1.165) is 18.6 Å². The number of ether oxygens (including phenoxy) is 1. The van der Waals surface area contributed by atoms with Crippen LogP contribution in [-0.4, -0.2) is 25.0 Å². The molecule has 1 saturated carbocycles.